The van der Waals surface area contributed by atoms with Crippen LogP contribution in [0.5, 0.6) is 5.75 Å². The van der Waals surface area contributed by atoms with Crippen molar-refractivity contribution in [3.05, 3.63) is 40.6 Å². The van der Waals surface area contributed by atoms with E-state index in [0.717, 1.165) is 6.20 Å². The van der Waals surface area contributed by atoms with Gasteiger partial charge in [0.25, 0.3) is 11.8 Å². The molecule has 0 aliphatic heterocycles. The third kappa shape index (κ3) is 2.78. The molecule has 0 saturated heterocycles. The molecule has 0 saturated carbocycles. The van der Waals surface area contributed by atoms with Gasteiger partial charge in [-0.15, -0.1) is 10.2 Å². The molecule has 1 aromatic carbocycles. The molecule has 2 aromatic heterocycles. The molecule has 0 N–H and O–H groups in total. The summed E-state index contributed by atoms with van der Waals surface area (Å²) >= 11 is 0. The smallest absolute Gasteiger partial charge is 0.387 e. The average Bonchev–Trinajstić information content (AvgIpc) is 3.13. The maximum atomic E-state index is 12.5. The van der Waals surface area contributed by atoms with Crippen LogP contribution in [0.3, 0.4) is 0 Å². The van der Waals surface area contributed by atoms with Gasteiger partial charge >= 0.3 is 12.3 Å². The molecular formula is C13H9F2N5O4. The maximum absolute atomic E-state index is 12.5. The van der Waals surface area contributed by atoms with Gasteiger partial charge in [0, 0.05) is 7.05 Å². The van der Waals surface area contributed by atoms with Crippen molar-refractivity contribution in [3.8, 4) is 28.8 Å². The second kappa shape index (κ2) is 6.02. The van der Waals surface area contributed by atoms with Crippen molar-refractivity contribution in [2.45, 2.75) is 6.61 Å². The highest BCUT2D eigenvalue weighted by Gasteiger charge is 2.26. The summed E-state index contributed by atoms with van der Waals surface area (Å²) in [4.78, 5) is 10.4. The van der Waals surface area contributed by atoms with Crippen LogP contribution in [0.1, 0.15) is 0 Å². The fraction of sp³-hybridized carbons (Fsp3) is 0.154. The van der Waals surface area contributed by atoms with E-state index in [0.29, 0.717) is 0 Å². The lowest BCUT2D eigenvalue weighted by atomic mass is 10.2. The molecule has 9 nitrogen and oxygen atoms in total. The minimum atomic E-state index is -3.02. The molecule has 0 aliphatic rings. The second-order valence-corrected chi connectivity index (χ2v) is 4.55. The average molecular weight is 337 g/mol. The number of nitro groups is 1. The number of alkyl halides is 2. The topological polar surface area (TPSA) is 109 Å². The van der Waals surface area contributed by atoms with Crippen LogP contribution >= 0.6 is 0 Å². The Morgan fingerprint density at radius 1 is 1.29 bits per heavy atom. The number of ether oxygens (including phenoxy) is 1. The zero-order valence-electron chi connectivity index (χ0n) is 12.1. The van der Waals surface area contributed by atoms with E-state index in [1.807, 2.05) is 0 Å². The Kier molecular flexibility index (Phi) is 3.90. The molecule has 0 aliphatic carbocycles. The van der Waals surface area contributed by atoms with Crippen molar-refractivity contribution in [1.82, 2.24) is 20.0 Å². The van der Waals surface area contributed by atoms with Crippen LogP contribution in [-0.2, 0) is 7.05 Å². The van der Waals surface area contributed by atoms with Crippen LogP contribution in [0.15, 0.2) is 34.9 Å². The SMILES string of the molecule is Cn1ncc([N+](=O)[O-])c1-c1nnc(-c2ccccc2OC(F)F)o1. The number of halogens is 2. The molecule has 11 heteroatoms. The van der Waals surface area contributed by atoms with E-state index in [1.54, 1.807) is 6.07 Å². The summed E-state index contributed by atoms with van der Waals surface area (Å²) in [6.45, 7) is -3.02. The summed E-state index contributed by atoms with van der Waals surface area (Å²) in [5.41, 5.74) is -0.169. The number of para-hydroxylation sites is 1. The van der Waals surface area contributed by atoms with E-state index in [-0.39, 0.29) is 34.5 Å². The van der Waals surface area contributed by atoms with Crippen molar-refractivity contribution in [2.24, 2.45) is 7.05 Å². The summed E-state index contributed by atoms with van der Waals surface area (Å²) in [7, 11) is 1.47. The molecule has 0 atom stereocenters. The molecule has 3 aromatic rings. The molecule has 0 spiro atoms. The predicted octanol–water partition coefficient (Wildman–Crippen LogP) is 2.65. The van der Waals surface area contributed by atoms with Gasteiger partial charge in [-0.3, -0.25) is 14.8 Å². The van der Waals surface area contributed by atoms with Crippen molar-refractivity contribution in [1.29, 1.82) is 0 Å². The largest absolute Gasteiger partial charge is 0.434 e. The monoisotopic (exact) mass is 337 g/mol. The van der Waals surface area contributed by atoms with Crippen LogP contribution in [0, 0.1) is 10.1 Å². The first-order chi connectivity index (χ1) is 11.5. The Bertz CT molecular complexity index is 892. The lowest BCUT2D eigenvalue weighted by molar-refractivity contribution is -0.384. The van der Waals surface area contributed by atoms with E-state index in [1.165, 1.54) is 29.9 Å². The highest BCUT2D eigenvalue weighted by atomic mass is 19.3. The lowest BCUT2D eigenvalue weighted by Gasteiger charge is -2.07. The summed E-state index contributed by atoms with van der Waals surface area (Å²) in [5, 5.41) is 22.3. The summed E-state index contributed by atoms with van der Waals surface area (Å²) in [6.07, 6.45) is 1.05. The molecule has 0 radical (unpaired) electrons. The predicted molar refractivity (Wildman–Crippen MR) is 75.2 cm³/mol. The molecule has 24 heavy (non-hydrogen) atoms. The Balaban J connectivity index is 2.04. The highest BCUT2D eigenvalue weighted by molar-refractivity contribution is 5.66. The maximum Gasteiger partial charge on any atom is 0.387 e. The van der Waals surface area contributed by atoms with Crippen LogP contribution in [-0.4, -0.2) is 31.5 Å². The Morgan fingerprint density at radius 3 is 2.71 bits per heavy atom. The van der Waals surface area contributed by atoms with E-state index in [4.69, 9.17) is 4.42 Å². The van der Waals surface area contributed by atoms with E-state index in [9.17, 15) is 18.9 Å². The number of hydrogen-bond donors (Lipinski definition) is 0. The Morgan fingerprint density at radius 2 is 2.00 bits per heavy atom. The van der Waals surface area contributed by atoms with Gasteiger partial charge in [0.2, 0.25) is 5.69 Å². The van der Waals surface area contributed by atoms with Crippen LogP contribution in [0.4, 0.5) is 14.5 Å². The van der Waals surface area contributed by atoms with Gasteiger partial charge in [-0.2, -0.15) is 13.9 Å². The molecule has 0 bridgehead atoms. The van der Waals surface area contributed by atoms with E-state index in [2.05, 4.69) is 20.0 Å². The summed E-state index contributed by atoms with van der Waals surface area (Å²) < 4.78 is 35.9. The Hall–Kier alpha value is -3.37. The third-order valence-electron chi connectivity index (χ3n) is 3.08. The standard InChI is InChI=1S/C13H9F2N5O4/c1-19-10(8(6-16-19)20(21)22)12-18-17-11(24-12)7-4-2-3-5-9(7)23-13(14)15/h2-6,13H,1H3. The van der Waals surface area contributed by atoms with Gasteiger partial charge in [0.05, 0.1) is 10.5 Å². The second-order valence-electron chi connectivity index (χ2n) is 4.55. The van der Waals surface area contributed by atoms with Crippen molar-refractivity contribution in [2.75, 3.05) is 0 Å². The van der Waals surface area contributed by atoms with E-state index >= 15 is 0 Å². The van der Waals surface area contributed by atoms with Gasteiger partial charge < -0.3 is 9.15 Å². The molecule has 0 amide bonds. The summed E-state index contributed by atoms with van der Waals surface area (Å²) in [6, 6.07) is 5.85. The zero-order chi connectivity index (χ0) is 17.3. The number of aromatic nitrogens is 4. The number of hydrogen-bond acceptors (Lipinski definition) is 7. The van der Waals surface area contributed by atoms with Crippen LogP contribution in [0.2, 0.25) is 0 Å². The number of nitrogens with zero attached hydrogens (tertiary/aromatic N) is 5. The van der Waals surface area contributed by atoms with Crippen molar-refractivity contribution >= 4 is 5.69 Å². The van der Waals surface area contributed by atoms with Crippen molar-refractivity contribution in [3.63, 3.8) is 0 Å². The van der Waals surface area contributed by atoms with E-state index < -0.39 is 11.5 Å². The minimum absolute atomic E-state index is 0.00556. The molecular weight excluding hydrogens is 328 g/mol. The summed E-state index contributed by atoms with van der Waals surface area (Å²) in [5.74, 6) is -0.428. The van der Waals surface area contributed by atoms with Gasteiger partial charge in [0.1, 0.15) is 11.9 Å². The van der Waals surface area contributed by atoms with Crippen LogP contribution < -0.4 is 4.74 Å². The first-order valence-corrected chi connectivity index (χ1v) is 6.52. The first-order valence-electron chi connectivity index (χ1n) is 6.52. The lowest BCUT2D eigenvalue weighted by Crippen LogP contribution is -2.03. The molecule has 124 valence electrons. The van der Waals surface area contributed by atoms with Gasteiger partial charge in [0.15, 0.2) is 0 Å². The first kappa shape index (κ1) is 15.5. The van der Waals surface area contributed by atoms with Crippen molar-refractivity contribution < 1.29 is 22.9 Å². The highest BCUT2D eigenvalue weighted by Crippen LogP contribution is 2.34. The van der Waals surface area contributed by atoms with Gasteiger partial charge in [-0.05, 0) is 12.1 Å². The van der Waals surface area contributed by atoms with Gasteiger partial charge in [-0.1, -0.05) is 12.1 Å². The number of aryl methyl sites for hydroxylation is 1. The molecule has 0 fully saturated rings. The fourth-order valence-corrected chi connectivity index (χ4v) is 2.08. The molecule has 2 heterocycles. The normalized spacial score (nSPS) is 11.0. The molecule has 0 unspecified atom stereocenters. The van der Waals surface area contributed by atoms with Crippen LogP contribution in [0.25, 0.3) is 23.0 Å². The minimum Gasteiger partial charge on any atom is -0.434 e. The van der Waals surface area contributed by atoms with Gasteiger partial charge in [-0.25, -0.2) is 0 Å². The quantitative estimate of drug-likeness (QED) is 0.520. The Labute approximate surface area is 132 Å². The molecule has 3 rings (SSSR count). The fourth-order valence-electron chi connectivity index (χ4n) is 2.08. The third-order valence-corrected chi connectivity index (χ3v) is 3.08. The number of benzene rings is 1. The number of rotatable bonds is 5. The zero-order valence-corrected chi connectivity index (χ0v) is 12.1.